The maximum absolute atomic E-state index is 11.3. The van der Waals surface area contributed by atoms with E-state index in [9.17, 15) is 4.79 Å². The van der Waals surface area contributed by atoms with Gasteiger partial charge in [-0.1, -0.05) is 24.3 Å². The van der Waals surface area contributed by atoms with Crippen LogP contribution in [-0.2, 0) is 0 Å². The first-order valence-corrected chi connectivity index (χ1v) is 6.05. The number of nitrogens with zero attached hydrogens (tertiary/aromatic N) is 1. The van der Waals surface area contributed by atoms with Crippen molar-refractivity contribution in [3.63, 3.8) is 0 Å². The predicted molar refractivity (Wildman–Crippen MR) is 78.0 cm³/mol. The van der Waals surface area contributed by atoms with Gasteiger partial charge in [0.15, 0.2) is 5.78 Å². The van der Waals surface area contributed by atoms with Crippen LogP contribution in [0.15, 0.2) is 24.3 Å². The van der Waals surface area contributed by atoms with E-state index in [-0.39, 0.29) is 5.78 Å². The lowest BCUT2D eigenvalue weighted by Gasteiger charge is -2.14. The van der Waals surface area contributed by atoms with Gasteiger partial charge in [0.05, 0.1) is 22.8 Å². The number of ketones is 1. The molecule has 0 saturated heterocycles. The maximum Gasteiger partial charge on any atom is 0.159 e. The molecule has 0 amide bonds. The SMILES string of the molecule is CC(=O)c1ccc(-c2c(N)c(C)nc(C)c2N)cc1. The number of rotatable bonds is 2. The molecule has 4 N–H and O–H groups in total. The number of nitrogen functional groups attached to an aromatic ring is 2. The Bertz CT molecular complexity index is 619. The van der Waals surface area contributed by atoms with Gasteiger partial charge >= 0.3 is 0 Å². The zero-order valence-corrected chi connectivity index (χ0v) is 11.3. The van der Waals surface area contributed by atoms with E-state index in [1.165, 1.54) is 0 Å². The summed E-state index contributed by atoms with van der Waals surface area (Å²) in [6.07, 6.45) is 0. The van der Waals surface area contributed by atoms with Crippen LogP contribution in [-0.4, -0.2) is 10.8 Å². The molecule has 4 heteroatoms. The molecular weight excluding hydrogens is 238 g/mol. The molecule has 0 fully saturated rings. The molecule has 0 unspecified atom stereocenters. The van der Waals surface area contributed by atoms with Crippen LogP contribution in [0.4, 0.5) is 11.4 Å². The molecule has 0 saturated carbocycles. The van der Waals surface area contributed by atoms with E-state index in [2.05, 4.69) is 4.98 Å². The lowest BCUT2D eigenvalue weighted by Crippen LogP contribution is -2.04. The Morgan fingerprint density at radius 3 is 1.89 bits per heavy atom. The van der Waals surface area contributed by atoms with Gasteiger partial charge < -0.3 is 11.5 Å². The molecule has 1 aromatic carbocycles. The van der Waals surface area contributed by atoms with E-state index >= 15 is 0 Å². The average molecular weight is 255 g/mol. The van der Waals surface area contributed by atoms with Gasteiger partial charge in [-0.05, 0) is 26.3 Å². The van der Waals surface area contributed by atoms with E-state index in [0.29, 0.717) is 16.9 Å². The van der Waals surface area contributed by atoms with Crippen LogP contribution in [0, 0.1) is 13.8 Å². The van der Waals surface area contributed by atoms with Crippen molar-refractivity contribution in [3.05, 3.63) is 41.2 Å². The van der Waals surface area contributed by atoms with Crippen LogP contribution >= 0.6 is 0 Å². The summed E-state index contributed by atoms with van der Waals surface area (Å²) in [6.45, 7) is 5.25. The molecule has 1 heterocycles. The predicted octanol–water partition coefficient (Wildman–Crippen LogP) is 2.73. The Kier molecular flexibility index (Phi) is 3.25. The molecule has 0 radical (unpaired) electrons. The number of carbonyl (C=O) groups is 1. The number of hydrogen-bond acceptors (Lipinski definition) is 4. The highest BCUT2D eigenvalue weighted by molar-refractivity contribution is 5.95. The van der Waals surface area contributed by atoms with Crippen molar-refractivity contribution in [1.29, 1.82) is 0 Å². The van der Waals surface area contributed by atoms with Crippen molar-refractivity contribution in [2.24, 2.45) is 0 Å². The highest BCUT2D eigenvalue weighted by atomic mass is 16.1. The van der Waals surface area contributed by atoms with Gasteiger partial charge in [-0.2, -0.15) is 0 Å². The van der Waals surface area contributed by atoms with Crippen LogP contribution < -0.4 is 11.5 Å². The number of aromatic nitrogens is 1. The van der Waals surface area contributed by atoms with Crippen molar-refractivity contribution in [1.82, 2.24) is 4.98 Å². The fourth-order valence-electron chi connectivity index (χ4n) is 2.06. The smallest absolute Gasteiger partial charge is 0.159 e. The molecule has 2 aromatic rings. The van der Waals surface area contributed by atoms with Gasteiger partial charge in [-0.15, -0.1) is 0 Å². The molecule has 1 aromatic heterocycles. The monoisotopic (exact) mass is 255 g/mol. The Hall–Kier alpha value is -2.36. The third-order valence-corrected chi connectivity index (χ3v) is 3.23. The first kappa shape index (κ1) is 13.1. The van der Waals surface area contributed by atoms with Crippen LogP contribution in [0.1, 0.15) is 28.7 Å². The number of anilines is 2. The molecule has 0 aliphatic carbocycles. The van der Waals surface area contributed by atoms with Crippen LogP contribution in [0.3, 0.4) is 0 Å². The minimum atomic E-state index is 0.0367. The quantitative estimate of drug-likeness (QED) is 0.808. The Morgan fingerprint density at radius 1 is 1.00 bits per heavy atom. The lowest BCUT2D eigenvalue weighted by atomic mass is 9.98. The topological polar surface area (TPSA) is 82.0 Å². The molecule has 0 atom stereocenters. The molecule has 19 heavy (non-hydrogen) atoms. The normalized spacial score (nSPS) is 10.5. The van der Waals surface area contributed by atoms with Crippen molar-refractivity contribution in [2.75, 3.05) is 11.5 Å². The third kappa shape index (κ3) is 2.29. The summed E-state index contributed by atoms with van der Waals surface area (Å²) < 4.78 is 0. The van der Waals surface area contributed by atoms with Gasteiger partial charge in [0.25, 0.3) is 0 Å². The summed E-state index contributed by atoms with van der Waals surface area (Å²) in [5.74, 6) is 0.0367. The van der Waals surface area contributed by atoms with Gasteiger partial charge in [-0.3, -0.25) is 9.78 Å². The molecule has 0 aliphatic heterocycles. The minimum absolute atomic E-state index is 0.0367. The van der Waals surface area contributed by atoms with Gasteiger partial charge in [0.2, 0.25) is 0 Å². The number of nitrogens with two attached hydrogens (primary N) is 2. The molecule has 2 rings (SSSR count). The Labute approximate surface area is 112 Å². The number of carbonyl (C=O) groups excluding carboxylic acids is 1. The Balaban J connectivity index is 2.62. The molecule has 98 valence electrons. The maximum atomic E-state index is 11.3. The van der Waals surface area contributed by atoms with Crippen LogP contribution in [0.2, 0.25) is 0 Å². The molecule has 0 aliphatic rings. The number of pyridine rings is 1. The number of Topliss-reactive ketones (excluding diaryl/α,β-unsaturated/α-hetero) is 1. The summed E-state index contributed by atoms with van der Waals surface area (Å²) in [7, 11) is 0. The fraction of sp³-hybridized carbons (Fsp3) is 0.200. The molecule has 0 spiro atoms. The summed E-state index contributed by atoms with van der Waals surface area (Å²) in [4.78, 5) is 15.6. The number of hydrogen-bond donors (Lipinski definition) is 2. The van der Waals surface area contributed by atoms with E-state index in [1.54, 1.807) is 19.1 Å². The molecular formula is C15H17N3O. The van der Waals surface area contributed by atoms with Gasteiger partial charge in [-0.25, -0.2) is 0 Å². The summed E-state index contributed by atoms with van der Waals surface area (Å²) >= 11 is 0. The first-order chi connectivity index (χ1) is 8.91. The largest absolute Gasteiger partial charge is 0.397 e. The molecule has 4 nitrogen and oxygen atoms in total. The minimum Gasteiger partial charge on any atom is -0.397 e. The first-order valence-electron chi connectivity index (χ1n) is 6.05. The van der Waals surface area contributed by atoms with Crippen molar-refractivity contribution >= 4 is 17.2 Å². The third-order valence-electron chi connectivity index (χ3n) is 3.23. The number of aryl methyl sites for hydroxylation is 2. The van der Waals surface area contributed by atoms with Crippen molar-refractivity contribution < 1.29 is 4.79 Å². The van der Waals surface area contributed by atoms with Crippen molar-refractivity contribution in [2.45, 2.75) is 20.8 Å². The fourth-order valence-corrected chi connectivity index (χ4v) is 2.06. The summed E-state index contributed by atoms with van der Waals surface area (Å²) in [6, 6.07) is 7.28. The average Bonchev–Trinajstić information content (AvgIpc) is 2.37. The zero-order valence-electron chi connectivity index (χ0n) is 11.3. The van der Waals surface area contributed by atoms with Crippen LogP contribution in [0.5, 0.6) is 0 Å². The van der Waals surface area contributed by atoms with E-state index in [0.717, 1.165) is 22.5 Å². The Morgan fingerprint density at radius 2 is 1.47 bits per heavy atom. The summed E-state index contributed by atoms with van der Waals surface area (Å²) in [5.41, 5.74) is 17.2. The van der Waals surface area contributed by atoms with E-state index in [1.807, 2.05) is 26.0 Å². The zero-order chi connectivity index (χ0) is 14.2. The lowest BCUT2D eigenvalue weighted by molar-refractivity contribution is 0.101. The highest BCUT2D eigenvalue weighted by Crippen LogP contribution is 2.34. The summed E-state index contributed by atoms with van der Waals surface area (Å²) in [5, 5.41) is 0. The standard InChI is InChI=1S/C15H17N3O/c1-8-14(16)13(15(17)9(2)18-8)12-6-4-11(5-7-12)10(3)19/h4-7H,16-17H2,1-3H3. The van der Waals surface area contributed by atoms with Crippen LogP contribution in [0.25, 0.3) is 11.1 Å². The van der Waals surface area contributed by atoms with E-state index in [4.69, 9.17) is 11.5 Å². The van der Waals surface area contributed by atoms with Gasteiger partial charge in [0, 0.05) is 11.1 Å². The second-order valence-corrected chi connectivity index (χ2v) is 4.62. The van der Waals surface area contributed by atoms with E-state index < -0.39 is 0 Å². The highest BCUT2D eigenvalue weighted by Gasteiger charge is 2.13. The second-order valence-electron chi connectivity index (χ2n) is 4.62. The number of benzene rings is 1. The van der Waals surface area contributed by atoms with Gasteiger partial charge in [0.1, 0.15) is 0 Å². The molecule has 0 bridgehead atoms. The second kappa shape index (κ2) is 4.72. The van der Waals surface area contributed by atoms with Crippen molar-refractivity contribution in [3.8, 4) is 11.1 Å².